The van der Waals surface area contributed by atoms with Crippen LogP contribution >= 0.6 is 0 Å². The van der Waals surface area contributed by atoms with Crippen molar-refractivity contribution in [2.75, 3.05) is 6.54 Å². The number of halogens is 6. The molecule has 0 spiro atoms. The van der Waals surface area contributed by atoms with E-state index in [-0.39, 0.29) is 34.8 Å². The molecule has 1 aliphatic rings. The summed E-state index contributed by atoms with van der Waals surface area (Å²) in [5.41, 5.74) is -0.561. The molecular formula is C20H13F6N4O2-. The average molecular weight is 455 g/mol. The van der Waals surface area contributed by atoms with E-state index >= 15 is 0 Å². The molecule has 6 nitrogen and oxygen atoms in total. The molecule has 3 aromatic heterocycles. The highest BCUT2D eigenvalue weighted by Crippen LogP contribution is 2.38. The molecule has 3 aromatic rings. The fourth-order valence-corrected chi connectivity index (χ4v) is 3.11. The smallest absolute Gasteiger partial charge is 0.455 e. The number of hydrogen-bond acceptors (Lipinski definition) is 5. The van der Waals surface area contributed by atoms with E-state index in [0.717, 1.165) is 18.5 Å². The van der Waals surface area contributed by atoms with Crippen LogP contribution in [0.3, 0.4) is 0 Å². The number of rotatable bonds is 5. The van der Waals surface area contributed by atoms with E-state index in [4.69, 9.17) is 4.74 Å². The molecule has 168 valence electrons. The van der Waals surface area contributed by atoms with Crippen LogP contribution in [0, 0.1) is 5.21 Å². The van der Waals surface area contributed by atoms with E-state index in [1.165, 1.54) is 24.4 Å². The lowest BCUT2D eigenvalue weighted by atomic mass is 10.1. The second-order valence-corrected chi connectivity index (χ2v) is 6.89. The molecule has 1 aliphatic heterocycles. The summed E-state index contributed by atoms with van der Waals surface area (Å²) in [5.74, 6) is -5.73. The Labute approximate surface area is 176 Å². The van der Waals surface area contributed by atoms with Gasteiger partial charge in [0, 0.05) is 29.9 Å². The molecule has 0 bridgehead atoms. The first kappa shape index (κ1) is 21.7. The zero-order valence-electron chi connectivity index (χ0n) is 16.0. The zero-order valence-corrected chi connectivity index (χ0v) is 16.0. The Hall–Kier alpha value is -3.54. The molecular weight excluding hydrogens is 442 g/mol. The summed E-state index contributed by atoms with van der Waals surface area (Å²) < 4.78 is 85.0. The highest BCUT2D eigenvalue weighted by molar-refractivity contribution is 5.83. The minimum absolute atomic E-state index is 0.00145. The minimum atomic E-state index is -5.71. The van der Waals surface area contributed by atoms with Crippen molar-refractivity contribution in [2.24, 2.45) is 0 Å². The molecule has 4 heterocycles. The summed E-state index contributed by atoms with van der Waals surface area (Å²) in [6, 6.07) is 7.33. The predicted molar refractivity (Wildman–Crippen MR) is 102 cm³/mol. The lowest BCUT2D eigenvalue weighted by molar-refractivity contribution is -0.286. The van der Waals surface area contributed by atoms with E-state index < -0.39 is 30.2 Å². The van der Waals surface area contributed by atoms with Crippen LogP contribution in [-0.2, 0) is 6.54 Å². The summed E-state index contributed by atoms with van der Waals surface area (Å²) in [6.07, 6.45) is -1.21. The summed E-state index contributed by atoms with van der Waals surface area (Å²) in [7, 11) is 0. The quantitative estimate of drug-likeness (QED) is 0.504. The predicted octanol–water partition coefficient (Wildman–Crippen LogP) is 5.04. The summed E-state index contributed by atoms with van der Waals surface area (Å²) >= 11 is 0. The SMILES string of the molecule is [O-]N1CC(Oc2ccccn2)=CC(F)=C1c1cc2ccn(CC(F)(F)C(F)(F)F)c2cn1. The molecule has 0 fully saturated rings. The number of hydrogen-bond donors (Lipinski definition) is 0. The number of nitrogens with zero attached hydrogens (tertiary/aromatic N) is 4. The molecule has 0 saturated carbocycles. The lowest BCUT2D eigenvalue weighted by Gasteiger charge is -2.35. The van der Waals surface area contributed by atoms with Gasteiger partial charge in [0.05, 0.1) is 36.2 Å². The summed E-state index contributed by atoms with van der Waals surface area (Å²) in [5, 5.41) is 13.0. The Balaban J connectivity index is 1.63. The topological polar surface area (TPSA) is 66.2 Å². The van der Waals surface area contributed by atoms with Crippen molar-refractivity contribution >= 4 is 16.6 Å². The zero-order chi connectivity index (χ0) is 23.1. The van der Waals surface area contributed by atoms with Crippen molar-refractivity contribution < 1.29 is 31.1 Å². The number of hydroxylamine groups is 2. The summed E-state index contributed by atoms with van der Waals surface area (Å²) in [6.45, 7) is -1.99. The van der Waals surface area contributed by atoms with E-state index in [1.807, 2.05) is 0 Å². The van der Waals surface area contributed by atoms with Gasteiger partial charge in [0.1, 0.15) is 5.76 Å². The van der Waals surface area contributed by atoms with Crippen LogP contribution < -0.4 is 4.74 Å². The third-order valence-corrected chi connectivity index (χ3v) is 4.62. The highest BCUT2D eigenvalue weighted by atomic mass is 19.4. The molecule has 0 atom stereocenters. The third-order valence-electron chi connectivity index (χ3n) is 4.62. The Kier molecular flexibility index (Phi) is 5.33. The number of aromatic nitrogens is 3. The van der Waals surface area contributed by atoms with Gasteiger partial charge in [-0.3, -0.25) is 4.98 Å². The van der Waals surface area contributed by atoms with Crippen LogP contribution in [0.2, 0.25) is 0 Å². The Morgan fingerprint density at radius 3 is 2.53 bits per heavy atom. The van der Waals surface area contributed by atoms with Gasteiger partial charge >= 0.3 is 12.1 Å². The second-order valence-electron chi connectivity index (χ2n) is 6.89. The fourth-order valence-electron chi connectivity index (χ4n) is 3.11. The molecule has 12 heteroatoms. The first-order valence-corrected chi connectivity index (χ1v) is 9.09. The van der Waals surface area contributed by atoms with E-state index in [0.29, 0.717) is 9.63 Å². The maximum Gasteiger partial charge on any atom is 0.455 e. The van der Waals surface area contributed by atoms with E-state index in [9.17, 15) is 31.5 Å². The molecule has 4 rings (SSSR count). The van der Waals surface area contributed by atoms with Crippen LogP contribution in [0.25, 0.3) is 16.6 Å². The largest absolute Gasteiger partial charge is 0.758 e. The highest BCUT2D eigenvalue weighted by Gasteiger charge is 2.57. The van der Waals surface area contributed by atoms with Crippen LogP contribution in [0.5, 0.6) is 5.88 Å². The van der Waals surface area contributed by atoms with Crippen molar-refractivity contribution in [3.8, 4) is 5.88 Å². The Morgan fingerprint density at radius 2 is 1.88 bits per heavy atom. The fraction of sp³-hybridized carbons (Fsp3) is 0.200. The number of alkyl halides is 5. The van der Waals surface area contributed by atoms with E-state index in [1.54, 1.807) is 12.1 Å². The van der Waals surface area contributed by atoms with Gasteiger partial charge in [0.25, 0.3) is 0 Å². The molecule has 0 aromatic carbocycles. The maximum atomic E-state index is 14.7. The average Bonchev–Trinajstić information content (AvgIpc) is 3.09. The van der Waals surface area contributed by atoms with Gasteiger partial charge < -0.3 is 19.6 Å². The van der Waals surface area contributed by atoms with Crippen molar-refractivity contribution in [1.29, 1.82) is 0 Å². The number of allylic oxidation sites excluding steroid dienone is 2. The third kappa shape index (κ3) is 4.13. The van der Waals surface area contributed by atoms with Gasteiger partial charge in [0.2, 0.25) is 5.88 Å². The lowest BCUT2D eigenvalue weighted by Crippen LogP contribution is -2.40. The number of pyridine rings is 2. The van der Waals surface area contributed by atoms with Gasteiger partial charge in [-0.05, 0) is 18.2 Å². The molecule has 0 N–H and O–H groups in total. The Bertz CT molecular complexity index is 1200. The van der Waals surface area contributed by atoms with Gasteiger partial charge in [-0.25, -0.2) is 9.37 Å². The molecule has 32 heavy (non-hydrogen) atoms. The van der Waals surface area contributed by atoms with Gasteiger partial charge in [-0.15, -0.1) is 0 Å². The van der Waals surface area contributed by atoms with Crippen molar-refractivity contribution in [3.63, 3.8) is 0 Å². The van der Waals surface area contributed by atoms with Crippen LogP contribution in [0.4, 0.5) is 26.3 Å². The molecule has 0 amide bonds. The number of fused-ring (bicyclic) bond motifs is 1. The van der Waals surface area contributed by atoms with Crippen LogP contribution in [0.1, 0.15) is 5.69 Å². The van der Waals surface area contributed by atoms with Crippen molar-refractivity contribution in [2.45, 2.75) is 18.6 Å². The molecule has 0 unspecified atom stereocenters. The molecule has 0 saturated heterocycles. The first-order chi connectivity index (χ1) is 15.0. The normalized spacial score (nSPS) is 15.3. The monoisotopic (exact) mass is 455 g/mol. The number of ether oxygens (including phenoxy) is 1. The van der Waals surface area contributed by atoms with Gasteiger partial charge in [0.15, 0.2) is 5.83 Å². The maximum absolute atomic E-state index is 14.7. The second kappa shape index (κ2) is 7.86. The van der Waals surface area contributed by atoms with Crippen molar-refractivity contribution in [1.82, 2.24) is 19.6 Å². The standard InChI is InChI=1S/C20H13F6N4O2/c21-14-8-13(32-17-3-1-2-5-27-17)10-30(31)18(14)15-7-12-4-6-29(16(12)9-28-15)11-19(22,23)20(24,25)26/h1-9H,10-11H2/q-1. The summed E-state index contributed by atoms with van der Waals surface area (Å²) in [4.78, 5) is 7.81. The van der Waals surface area contributed by atoms with Crippen LogP contribution in [0.15, 0.2) is 66.6 Å². The van der Waals surface area contributed by atoms with Crippen LogP contribution in [-0.4, -0.2) is 38.2 Å². The Morgan fingerprint density at radius 1 is 1.09 bits per heavy atom. The first-order valence-electron chi connectivity index (χ1n) is 9.09. The minimum Gasteiger partial charge on any atom is -0.758 e. The van der Waals surface area contributed by atoms with Gasteiger partial charge in [-0.1, -0.05) is 6.07 Å². The van der Waals surface area contributed by atoms with Gasteiger partial charge in [-0.2, -0.15) is 22.0 Å². The molecule has 0 aliphatic carbocycles. The van der Waals surface area contributed by atoms with Crippen molar-refractivity contribution in [3.05, 3.63) is 77.5 Å². The molecule has 0 radical (unpaired) electrons. The van der Waals surface area contributed by atoms with E-state index in [2.05, 4.69) is 9.97 Å².